The molecule has 0 spiro atoms. The van der Waals surface area contributed by atoms with E-state index in [0.29, 0.717) is 4.90 Å². The van der Waals surface area contributed by atoms with Crippen LogP contribution in [0.5, 0.6) is 5.75 Å². The minimum Gasteiger partial charge on any atom is -0.746 e. The molecule has 3 rings (SSSR count). The Morgan fingerprint density at radius 3 is 2.10 bits per heavy atom. The van der Waals surface area contributed by atoms with Crippen LogP contribution in [0, 0.1) is 6.92 Å². The van der Waals surface area contributed by atoms with Crippen molar-refractivity contribution < 1.29 is 27.3 Å². The Morgan fingerprint density at radius 2 is 1.57 bits per heavy atom. The molecule has 0 aliphatic heterocycles. The van der Waals surface area contributed by atoms with Gasteiger partial charge in [0, 0.05) is 30.6 Å². The Kier molecular flexibility index (Phi) is 7.63. The lowest BCUT2D eigenvalue weighted by molar-refractivity contribution is -0.211. The SMILES string of the molecule is CNS(=O)(=O)c1cccc2c(N(C)C)cccc12.Cc1ccc(OP(=O)([O-])O)cc1. The molecule has 0 bridgehead atoms. The summed E-state index contributed by atoms with van der Waals surface area (Å²) < 4.78 is 40.8. The van der Waals surface area contributed by atoms with Crippen LogP contribution >= 0.6 is 7.82 Å². The monoisotopic (exact) mass is 451 g/mol. The lowest BCUT2D eigenvalue weighted by Gasteiger charge is -2.16. The van der Waals surface area contributed by atoms with Gasteiger partial charge in [-0.2, -0.15) is 0 Å². The Morgan fingerprint density at radius 1 is 1.00 bits per heavy atom. The summed E-state index contributed by atoms with van der Waals surface area (Å²) in [6.07, 6.45) is 0. The second-order valence-corrected chi connectivity index (χ2v) is 9.58. The second-order valence-electron chi connectivity index (χ2n) is 6.60. The molecular formula is C20H24N2O6PS-. The molecule has 2 N–H and O–H groups in total. The Bertz CT molecular complexity index is 1160. The third kappa shape index (κ3) is 6.29. The molecule has 1 atom stereocenters. The molecule has 0 heterocycles. The van der Waals surface area contributed by atoms with Gasteiger partial charge in [-0.15, -0.1) is 0 Å². The molecule has 3 aromatic rings. The number of nitrogens with zero attached hydrogens (tertiary/aromatic N) is 1. The van der Waals surface area contributed by atoms with E-state index in [-0.39, 0.29) is 5.75 Å². The van der Waals surface area contributed by atoms with Gasteiger partial charge in [0.25, 0.3) is 0 Å². The quantitative estimate of drug-likeness (QED) is 0.573. The fourth-order valence-electron chi connectivity index (χ4n) is 2.73. The van der Waals surface area contributed by atoms with Gasteiger partial charge in [0.05, 0.1) is 4.90 Å². The first kappa shape index (κ1) is 23.9. The van der Waals surface area contributed by atoms with E-state index in [0.717, 1.165) is 22.0 Å². The average molecular weight is 451 g/mol. The summed E-state index contributed by atoms with van der Waals surface area (Å²) in [6, 6.07) is 17.3. The molecule has 0 saturated carbocycles. The van der Waals surface area contributed by atoms with E-state index < -0.39 is 17.8 Å². The summed E-state index contributed by atoms with van der Waals surface area (Å²) >= 11 is 0. The number of benzene rings is 3. The number of rotatable bonds is 5. The number of nitrogens with one attached hydrogen (secondary N) is 1. The normalized spacial score (nSPS) is 13.1. The standard InChI is InChI=1S/C13H16N2O2S.C7H9O4P/c1-14-18(16,17)13-9-5-6-10-11(13)7-4-8-12(10)15(2)3;1-6-2-4-7(5-3-6)11-12(8,9)10/h4-9,14H,1-3H3;2-5H,1H3,(H2,8,9,10)/p-1. The van der Waals surface area contributed by atoms with E-state index in [1.807, 2.05) is 50.2 Å². The minimum atomic E-state index is -4.65. The third-order valence-electron chi connectivity index (χ3n) is 4.14. The van der Waals surface area contributed by atoms with Crippen molar-refractivity contribution in [1.29, 1.82) is 0 Å². The topological polar surface area (TPSA) is 119 Å². The van der Waals surface area contributed by atoms with Gasteiger partial charge >= 0.3 is 7.82 Å². The molecule has 3 aromatic carbocycles. The zero-order valence-electron chi connectivity index (χ0n) is 17.1. The predicted octanol–water partition coefficient (Wildman–Crippen LogP) is 2.65. The van der Waals surface area contributed by atoms with Crippen LogP contribution in [-0.2, 0) is 14.6 Å². The zero-order valence-corrected chi connectivity index (χ0v) is 18.8. The molecule has 0 aliphatic carbocycles. The Hall–Kier alpha value is -2.42. The molecule has 0 fully saturated rings. The minimum absolute atomic E-state index is 0.112. The Balaban J connectivity index is 0.000000232. The molecule has 0 amide bonds. The number of hydrogen-bond donors (Lipinski definition) is 2. The van der Waals surface area contributed by atoms with Crippen molar-refractivity contribution in [3.05, 3.63) is 66.2 Å². The number of phosphoric ester groups is 1. The van der Waals surface area contributed by atoms with Gasteiger partial charge in [-0.3, -0.25) is 4.57 Å². The Labute approximate surface area is 176 Å². The van der Waals surface area contributed by atoms with Gasteiger partial charge in [-0.25, -0.2) is 13.1 Å². The van der Waals surface area contributed by atoms with Crippen molar-refractivity contribution in [2.24, 2.45) is 0 Å². The second kappa shape index (κ2) is 9.59. The van der Waals surface area contributed by atoms with Crippen molar-refractivity contribution in [3.8, 4) is 5.75 Å². The third-order valence-corrected chi connectivity index (χ3v) is 6.05. The van der Waals surface area contributed by atoms with Crippen LogP contribution in [0.4, 0.5) is 5.69 Å². The lowest BCUT2D eigenvalue weighted by Crippen LogP contribution is -2.19. The fraction of sp³-hybridized carbons (Fsp3) is 0.200. The van der Waals surface area contributed by atoms with Crippen molar-refractivity contribution in [1.82, 2.24) is 4.72 Å². The van der Waals surface area contributed by atoms with Crippen molar-refractivity contribution >= 4 is 34.3 Å². The van der Waals surface area contributed by atoms with Crippen LogP contribution in [-0.4, -0.2) is 34.5 Å². The van der Waals surface area contributed by atoms with Crippen LogP contribution in [0.25, 0.3) is 10.8 Å². The van der Waals surface area contributed by atoms with Gasteiger partial charge in [-0.05, 0) is 38.2 Å². The highest BCUT2D eigenvalue weighted by Crippen LogP contribution is 2.33. The number of phosphoric acid groups is 1. The largest absolute Gasteiger partial charge is 0.746 e. The molecular weight excluding hydrogens is 427 g/mol. The maximum atomic E-state index is 12.0. The average Bonchev–Trinajstić information content (AvgIpc) is 2.68. The number of anilines is 1. The molecule has 0 radical (unpaired) electrons. The molecule has 8 nitrogen and oxygen atoms in total. The van der Waals surface area contributed by atoms with Crippen LogP contribution in [0.1, 0.15) is 5.56 Å². The van der Waals surface area contributed by atoms with E-state index >= 15 is 0 Å². The molecule has 10 heteroatoms. The van der Waals surface area contributed by atoms with Crippen LogP contribution in [0.3, 0.4) is 0 Å². The molecule has 1 unspecified atom stereocenters. The van der Waals surface area contributed by atoms with Crippen molar-refractivity contribution in [3.63, 3.8) is 0 Å². The summed E-state index contributed by atoms with van der Waals surface area (Å²) in [5.74, 6) is 0.112. The van der Waals surface area contributed by atoms with Crippen LogP contribution < -0.4 is 19.0 Å². The highest BCUT2D eigenvalue weighted by Gasteiger charge is 2.16. The van der Waals surface area contributed by atoms with E-state index in [1.54, 1.807) is 24.3 Å². The first-order chi connectivity index (χ1) is 13.9. The van der Waals surface area contributed by atoms with E-state index in [1.165, 1.54) is 19.2 Å². The lowest BCUT2D eigenvalue weighted by atomic mass is 10.1. The molecule has 0 saturated heterocycles. The van der Waals surface area contributed by atoms with Gasteiger partial charge in [-0.1, -0.05) is 42.0 Å². The molecule has 30 heavy (non-hydrogen) atoms. The molecule has 162 valence electrons. The van der Waals surface area contributed by atoms with Gasteiger partial charge in [0.1, 0.15) is 5.75 Å². The molecule has 0 aliphatic rings. The van der Waals surface area contributed by atoms with E-state index in [2.05, 4.69) is 9.25 Å². The van der Waals surface area contributed by atoms with Gasteiger partial charge in [0.2, 0.25) is 10.0 Å². The highest BCUT2D eigenvalue weighted by molar-refractivity contribution is 7.89. The first-order valence-corrected chi connectivity index (χ1v) is 11.8. The number of aryl methyl sites for hydroxylation is 1. The first-order valence-electron chi connectivity index (χ1n) is 8.87. The number of sulfonamides is 1. The number of hydrogen-bond acceptors (Lipinski definition) is 6. The van der Waals surface area contributed by atoms with Gasteiger partial charge in [0.15, 0.2) is 0 Å². The maximum Gasteiger partial charge on any atom is 0.317 e. The van der Waals surface area contributed by atoms with Crippen molar-refractivity contribution in [2.45, 2.75) is 11.8 Å². The van der Waals surface area contributed by atoms with E-state index in [4.69, 9.17) is 4.89 Å². The highest BCUT2D eigenvalue weighted by atomic mass is 32.2. The maximum absolute atomic E-state index is 12.0. The van der Waals surface area contributed by atoms with E-state index in [9.17, 15) is 17.9 Å². The number of fused-ring (bicyclic) bond motifs is 1. The van der Waals surface area contributed by atoms with Gasteiger partial charge < -0.3 is 19.2 Å². The summed E-state index contributed by atoms with van der Waals surface area (Å²) in [5, 5.41) is 1.66. The molecule has 0 aromatic heterocycles. The fourth-order valence-corrected chi connectivity index (χ4v) is 4.06. The van der Waals surface area contributed by atoms with Crippen molar-refractivity contribution in [2.75, 3.05) is 26.0 Å². The zero-order chi connectivity index (χ0) is 22.5. The summed E-state index contributed by atoms with van der Waals surface area (Å²) in [6.45, 7) is 1.86. The summed E-state index contributed by atoms with van der Waals surface area (Å²) in [5.41, 5.74) is 1.99. The summed E-state index contributed by atoms with van der Waals surface area (Å²) in [7, 11) is -2.79. The van der Waals surface area contributed by atoms with Crippen LogP contribution in [0.15, 0.2) is 65.6 Å². The summed E-state index contributed by atoms with van der Waals surface area (Å²) in [4.78, 5) is 20.8. The van der Waals surface area contributed by atoms with Crippen LogP contribution in [0.2, 0.25) is 0 Å². The smallest absolute Gasteiger partial charge is 0.317 e. The predicted molar refractivity (Wildman–Crippen MR) is 116 cm³/mol.